The summed E-state index contributed by atoms with van der Waals surface area (Å²) in [5, 5.41) is 7.66. The van der Waals surface area contributed by atoms with Gasteiger partial charge in [0.15, 0.2) is 0 Å². The Kier molecular flexibility index (Phi) is 4.44. The van der Waals surface area contributed by atoms with E-state index in [2.05, 4.69) is 24.3 Å². The maximum Gasteiger partial charge on any atom is 0.142 e. The molecule has 4 heteroatoms. The molecule has 1 heterocycles. The molecule has 2 aromatic rings. The fourth-order valence-electron chi connectivity index (χ4n) is 1.86. The molecule has 2 rings (SSSR count). The molecule has 0 radical (unpaired) electrons. The van der Waals surface area contributed by atoms with E-state index in [0.717, 1.165) is 31.0 Å². The fourth-order valence-corrected chi connectivity index (χ4v) is 1.86. The van der Waals surface area contributed by atoms with Crippen LogP contribution in [0.5, 0.6) is 5.75 Å². The van der Waals surface area contributed by atoms with Gasteiger partial charge >= 0.3 is 0 Å². The van der Waals surface area contributed by atoms with Gasteiger partial charge in [-0.05, 0) is 25.5 Å². The first-order valence-electron chi connectivity index (χ1n) is 6.65. The minimum Gasteiger partial charge on any atom is -0.491 e. The lowest BCUT2D eigenvalue weighted by Crippen LogP contribution is -2.04. The number of para-hydroxylation sites is 2. The Balaban J connectivity index is 2.04. The minimum absolute atomic E-state index is 0.741. The Labute approximate surface area is 114 Å². The summed E-state index contributed by atoms with van der Waals surface area (Å²) in [5.74, 6) is 0.908. The van der Waals surface area contributed by atoms with E-state index in [4.69, 9.17) is 4.74 Å². The third kappa shape index (κ3) is 3.28. The molecule has 0 spiro atoms. The molecule has 0 aliphatic heterocycles. The number of hydrogen-bond acceptors (Lipinski definition) is 3. The van der Waals surface area contributed by atoms with Crippen LogP contribution in [0.1, 0.15) is 24.6 Å². The van der Waals surface area contributed by atoms with Gasteiger partial charge in [-0.15, -0.1) is 0 Å². The van der Waals surface area contributed by atoms with Gasteiger partial charge in [0.2, 0.25) is 0 Å². The second-order valence-electron chi connectivity index (χ2n) is 4.58. The molecule has 1 N–H and O–H groups in total. The van der Waals surface area contributed by atoms with Crippen LogP contribution < -0.4 is 10.1 Å². The van der Waals surface area contributed by atoms with Crippen molar-refractivity contribution in [3.8, 4) is 5.75 Å². The van der Waals surface area contributed by atoms with Gasteiger partial charge in [0.1, 0.15) is 5.75 Å². The molecule has 0 saturated carbocycles. The summed E-state index contributed by atoms with van der Waals surface area (Å²) < 4.78 is 7.61. The summed E-state index contributed by atoms with van der Waals surface area (Å²) >= 11 is 0. The number of nitrogens with one attached hydrogen (secondary N) is 1. The van der Waals surface area contributed by atoms with Gasteiger partial charge in [-0.2, -0.15) is 5.10 Å². The van der Waals surface area contributed by atoms with Crippen LogP contribution in [0.4, 0.5) is 5.69 Å². The van der Waals surface area contributed by atoms with Gasteiger partial charge in [-0.3, -0.25) is 4.68 Å². The molecule has 0 saturated heterocycles. The summed E-state index contributed by atoms with van der Waals surface area (Å²) in [5.41, 5.74) is 3.41. The van der Waals surface area contributed by atoms with E-state index in [-0.39, 0.29) is 0 Å². The summed E-state index contributed by atoms with van der Waals surface area (Å²) in [7, 11) is 1.96. The van der Waals surface area contributed by atoms with Crippen molar-refractivity contribution in [1.29, 1.82) is 0 Å². The molecule has 0 atom stereocenters. The Morgan fingerprint density at radius 3 is 2.79 bits per heavy atom. The Hall–Kier alpha value is -1.97. The molecular weight excluding hydrogens is 238 g/mol. The average Bonchev–Trinajstić information content (AvgIpc) is 2.75. The van der Waals surface area contributed by atoms with Crippen molar-refractivity contribution >= 4 is 5.69 Å². The van der Waals surface area contributed by atoms with Crippen LogP contribution in [0, 0.1) is 6.92 Å². The molecule has 102 valence electrons. The molecule has 1 aromatic carbocycles. The van der Waals surface area contributed by atoms with Gasteiger partial charge in [-0.25, -0.2) is 0 Å². The average molecular weight is 259 g/mol. The Bertz CT molecular complexity index is 534. The van der Waals surface area contributed by atoms with Crippen molar-refractivity contribution in [2.24, 2.45) is 7.05 Å². The van der Waals surface area contributed by atoms with Crippen molar-refractivity contribution in [1.82, 2.24) is 9.78 Å². The molecule has 0 amide bonds. The van der Waals surface area contributed by atoms with Gasteiger partial charge in [0, 0.05) is 24.8 Å². The number of ether oxygens (including phenoxy) is 1. The van der Waals surface area contributed by atoms with E-state index in [1.165, 1.54) is 11.3 Å². The highest BCUT2D eigenvalue weighted by Crippen LogP contribution is 2.24. The summed E-state index contributed by atoms with van der Waals surface area (Å²) in [6.07, 6.45) is 2.91. The lowest BCUT2D eigenvalue weighted by molar-refractivity contribution is 0.319. The predicted octanol–water partition coefficient (Wildman–Crippen LogP) is 3.13. The van der Waals surface area contributed by atoms with Crippen molar-refractivity contribution < 1.29 is 4.74 Å². The first-order valence-corrected chi connectivity index (χ1v) is 6.65. The summed E-state index contributed by atoms with van der Waals surface area (Å²) in [6.45, 7) is 5.68. The predicted molar refractivity (Wildman–Crippen MR) is 77.5 cm³/mol. The van der Waals surface area contributed by atoms with Crippen molar-refractivity contribution in [3.63, 3.8) is 0 Å². The van der Waals surface area contributed by atoms with Gasteiger partial charge in [0.05, 0.1) is 18.5 Å². The van der Waals surface area contributed by atoms with E-state index in [1.807, 2.05) is 42.2 Å². The highest BCUT2D eigenvalue weighted by molar-refractivity contribution is 5.56. The van der Waals surface area contributed by atoms with Crippen molar-refractivity contribution in [2.75, 3.05) is 11.9 Å². The highest BCUT2D eigenvalue weighted by atomic mass is 16.5. The fraction of sp³-hybridized carbons (Fsp3) is 0.400. The van der Waals surface area contributed by atoms with Gasteiger partial charge < -0.3 is 10.1 Å². The number of aromatic nitrogens is 2. The quantitative estimate of drug-likeness (QED) is 0.866. The third-order valence-corrected chi connectivity index (χ3v) is 3.15. The maximum absolute atomic E-state index is 5.73. The lowest BCUT2D eigenvalue weighted by atomic mass is 10.2. The molecule has 0 aliphatic carbocycles. The molecule has 0 fully saturated rings. The Morgan fingerprint density at radius 1 is 1.32 bits per heavy atom. The zero-order valence-corrected chi connectivity index (χ0v) is 11.8. The number of aryl methyl sites for hydroxylation is 1. The maximum atomic E-state index is 5.73. The highest BCUT2D eigenvalue weighted by Gasteiger charge is 2.06. The number of nitrogens with zero attached hydrogens (tertiary/aromatic N) is 2. The van der Waals surface area contributed by atoms with Crippen LogP contribution >= 0.6 is 0 Å². The molecular formula is C15H21N3O. The minimum atomic E-state index is 0.741. The number of anilines is 1. The zero-order chi connectivity index (χ0) is 13.7. The molecule has 0 unspecified atom stereocenters. The van der Waals surface area contributed by atoms with Crippen molar-refractivity contribution in [2.45, 2.75) is 26.8 Å². The molecule has 1 aromatic heterocycles. The van der Waals surface area contributed by atoms with Crippen LogP contribution in [0.15, 0.2) is 30.5 Å². The van der Waals surface area contributed by atoms with E-state index in [0.29, 0.717) is 0 Å². The van der Waals surface area contributed by atoms with E-state index >= 15 is 0 Å². The van der Waals surface area contributed by atoms with Crippen LogP contribution in [0.25, 0.3) is 0 Å². The zero-order valence-electron chi connectivity index (χ0n) is 11.8. The molecule has 0 bridgehead atoms. The van der Waals surface area contributed by atoms with Crippen LogP contribution in [-0.4, -0.2) is 16.4 Å². The first-order chi connectivity index (χ1) is 9.22. The smallest absolute Gasteiger partial charge is 0.142 e. The van der Waals surface area contributed by atoms with Crippen LogP contribution in [0.3, 0.4) is 0 Å². The SMILES string of the molecule is CCCOc1ccccc1NCc1cnn(C)c1C. The number of rotatable bonds is 6. The molecule has 19 heavy (non-hydrogen) atoms. The van der Waals surface area contributed by atoms with Gasteiger partial charge in [0.25, 0.3) is 0 Å². The summed E-state index contributed by atoms with van der Waals surface area (Å²) in [6, 6.07) is 8.04. The standard InChI is InChI=1S/C15H21N3O/c1-4-9-19-15-8-6-5-7-14(15)16-10-13-11-17-18(3)12(13)2/h5-8,11,16H,4,9-10H2,1-3H3. The van der Waals surface area contributed by atoms with E-state index in [9.17, 15) is 0 Å². The summed E-state index contributed by atoms with van der Waals surface area (Å²) in [4.78, 5) is 0. The largest absolute Gasteiger partial charge is 0.491 e. The second kappa shape index (κ2) is 6.27. The normalized spacial score (nSPS) is 10.5. The van der Waals surface area contributed by atoms with Gasteiger partial charge in [-0.1, -0.05) is 19.1 Å². The van der Waals surface area contributed by atoms with E-state index in [1.54, 1.807) is 0 Å². The third-order valence-electron chi connectivity index (χ3n) is 3.15. The number of benzene rings is 1. The number of hydrogen-bond donors (Lipinski definition) is 1. The van der Waals surface area contributed by atoms with Crippen molar-refractivity contribution in [3.05, 3.63) is 41.7 Å². The lowest BCUT2D eigenvalue weighted by Gasteiger charge is -2.12. The van der Waals surface area contributed by atoms with Crippen LogP contribution in [-0.2, 0) is 13.6 Å². The Morgan fingerprint density at radius 2 is 2.11 bits per heavy atom. The van der Waals surface area contributed by atoms with Crippen LogP contribution in [0.2, 0.25) is 0 Å². The first kappa shape index (κ1) is 13.5. The van der Waals surface area contributed by atoms with E-state index < -0.39 is 0 Å². The molecule has 4 nitrogen and oxygen atoms in total. The topological polar surface area (TPSA) is 39.1 Å². The second-order valence-corrected chi connectivity index (χ2v) is 4.58. The molecule has 0 aliphatic rings. The monoisotopic (exact) mass is 259 g/mol.